The van der Waals surface area contributed by atoms with Crippen molar-refractivity contribution in [3.8, 4) is 0 Å². The first-order chi connectivity index (χ1) is 9.53. The highest BCUT2D eigenvalue weighted by Crippen LogP contribution is 2.36. The third-order valence-electron chi connectivity index (χ3n) is 5.85. The predicted octanol–water partition coefficient (Wildman–Crippen LogP) is 4.06. The summed E-state index contributed by atoms with van der Waals surface area (Å²) in [5, 5.41) is 4.01. The Hall–Kier alpha value is -0.0800. The molecule has 0 aromatic rings. The number of likely N-dealkylation sites (tertiary alicyclic amines) is 1. The molecule has 2 heteroatoms. The van der Waals surface area contributed by atoms with E-state index >= 15 is 0 Å². The lowest BCUT2D eigenvalue weighted by atomic mass is 9.72. The van der Waals surface area contributed by atoms with E-state index in [1.807, 2.05) is 0 Å². The van der Waals surface area contributed by atoms with E-state index in [1.54, 1.807) is 0 Å². The van der Waals surface area contributed by atoms with Crippen LogP contribution in [0.25, 0.3) is 0 Å². The van der Waals surface area contributed by atoms with Crippen molar-refractivity contribution in [3.05, 3.63) is 0 Å². The molecule has 1 N–H and O–H groups in total. The molecule has 2 rings (SSSR count). The molecule has 2 nitrogen and oxygen atoms in total. The SMILES string of the molecule is CCCN1CCC(C(C)NC2CCCCC2(C)C)CC1. The molecule has 2 unspecified atom stereocenters. The lowest BCUT2D eigenvalue weighted by molar-refractivity contribution is 0.118. The fraction of sp³-hybridized carbons (Fsp3) is 1.00. The minimum absolute atomic E-state index is 0.495. The molecule has 118 valence electrons. The zero-order valence-electron chi connectivity index (χ0n) is 14.3. The van der Waals surface area contributed by atoms with Gasteiger partial charge in [-0.2, -0.15) is 0 Å². The molecule has 1 aliphatic carbocycles. The maximum absolute atomic E-state index is 4.01. The van der Waals surface area contributed by atoms with E-state index in [0.29, 0.717) is 11.5 Å². The summed E-state index contributed by atoms with van der Waals surface area (Å²) in [6.07, 6.45) is 9.70. The molecule has 1 saturated heterocycles. The molecule has 0 spiro atoms. The Bertz CT molecular complexity index is 279. The van der Waals surface area contributed by atoms with Crippen LogP contribution in [0.3, 0.4) is 0 Å². The Morgan fingerprint density at radius 1 is 1.15 bits per heavy atom. The highest BCUT2D eigenvalue weighted by Gasteiger charge is 2.34. The maximum atomic E-state index is 4.01. The van der Waals surface area contributed by atoms with Gasteiger partial charge in [0.05, 0.1) is 0 Å². The van der Waals surface area contributed by atoms with Crippen molar-refractivity contribution in [1.82, 2.24) is 10.2 Å². The topological polar surface area (TPSA) is 15.3 Å². The Kier molecular flexibility index (Phi) is 5.92. The second-order valence-corrected chi connectivity index (χ2v) is 7.92. The van der Waals surface area contributed by atoms with Crippen molar-refractivity contribution in [2.75, 3.05) is 19.6 Å². The minimum atomic E-state index is 0.495. The average Bonchev–Trinajstić information content (AvgIpc) is 2.42. The highest BCUT2D eigenvalue weighted by atomic mass is 15.1. The quantitative estimate of drug-likeness (QED) is 0.817. The lowest BCUT2D eigenvalue weighted by Gasteiger charge is -2.43. The maximum Gasteiger partial charge on any atom is 0.0121 e. The summed E-state index contributed by atoms with van der Waals surface area (Å²) in [7, 11) is 0. The van der Waals surface area contributed by atoms with Crippen LogP contribution in [0, 0.1) is 11.3 Å². The second kappa shape index (κ2) is 7.26. The van der Waals surface area contributed by atoms with Gasteiger partial charge in [0, 0.05) is 12.1 Å². The van der Waals surface area contributed by atoms with Gasteiger partial charge in [-0.3, -0.25) is 0 Å². The molecule has 0 aromatic heterocycles. The molecule has 0 radical (unpaired) electrons. The van der Waals surface area contributed by atoms with Crippen molar-refractivity contribution in [2.24, 2.45) is 11.3 Å². The summed E-state index contributed by atoms with van der Waals surface area (Å²) in [6, 6.07) is 1.43. The van der Waals surface area contributed by atoms with Gasteiger partial charge < -0.3 is 10.2 Å². The van der Waals surface area contributed by atoms with Crippen LogP contribution >= 0.6 is 0 Å². The van der Waals surface area contributed by atoms with Crippen molar-refractivity contribution in [1.29, 1.82) is 0 Å². The van der Waals surface area contributed by atoms with Gasteiger partial charge in [0.25, 0.3) is 0 Å². The fourth-order valence-electron chi connectivity index (χ4n) is 4.25. The Morgan fingerprint density at radius 2 is 1.85 bits per heavy atom. The summed E-state index contributed by atoms with van der Waals surface area (Å²) in [5.41, 5.74) is 0.495. The van der Waals surface area contributed by atoms with Gasteiger partial charge in [-0.25, -0.2) is 0 Å². The highest BCUT2D eigenvalue weighted by molar-refractivity contribution is 4.91. The minimum Gasteiger partial charge on any atom is -0.311 e. The average molecular weight is 280 g/mol. The Morgan fingerprint density at radius 3 is 2.45 bits per heavy atom. The van der Waals surface area contributed by atoms with E-state index in [-0.39, 0.29) is 0 Å². The normalized spacial score (nSPS) is 30.3. The third kappa shape index (κ3) is 4.21. The van der Waals surface area contributed by atoms with Crippen molar-refractivity contribution in [2.45, 2.75) is 84.7 Å². The zero-order chi connectivity index (χ0) is 14.6. The monoisotopic (exact) mass is 280 g/mol. The van der Waals surface area contributed by atoms with Crippen LogP contribution in [0.5, 0.6) is 0 Å². The molecule has 20 heavy (non-hydrogen) atoms. The van der Waals surface area contributed by atoms with Crippen LogP contribution in [0.2, 0.25) is 0 Å². The van der Waals surface area contributed by atoms with Gasteiger partial charge >= 0.3 is 0 Å². The van der Waals surface area contributed by atoms with Crippen molar-refractivity contribution >= 4 is 0 Å². The number of hydrogen-bond donors (Lipinski definition) is 1. The van der Waals surface area contributed by atoms with Crippen molar-refractivity contribution < 1.29 is 0 Å². The first-order valence-electron chi connectivity index (χ1n) is 9.01. The Labute approximate surface area is 126 Å². The molecule has 2 aliphatic rings. The summed E-state index contributed by atoms with van der Waals surface area (Å²) < 4.78 is 0. The molecule has 2 atom stereocenters. The number of hydrogen-bond acceptors (Lipinski definition) is 2. The van der Waals surface area contributed by atoms with Gasteiger partial charge in [-0.15, -0.1) is 0 Å². The van der Waals surface area contributed by atoms with E-state index < -0.39 is 0 Å². The molecule has 1 aliphatic heterocycles. The van der Waals surface area contributed by atoms with E-state index in [1.165, 1.54) is 64.6 Å². The van der Waals surface area contributed by atoms with Crippen LogP contribution in [0.1, 0.15) is 72.6 Å². The molecule has 2 fully saturated rings. The molecule has 0 aromatic carbocycles. The molecule has 0 amide bonds. The van der Waals surface area contributed by atoms with E-state index in [9.17, 15) is 0 Å². The van der Waals surface area contributed by atoms with Gasteiger partial charge in [-0.05, 0) is 70.0 Å². The molecule has 0 bridgehead atoms. The Balaban J connectivity index is 1.79. The smallest absolute Gasteiger partial charge is 0.0121 e. The lowest BCUT2D eigenvalue weighted by Crippen LogP contribution is -2.51. The molecular formula is C18H36N2. The van der Waals surface area contributed by atoms with E-state index in [2.05, 4.69) is 37.9 Å². The number of nitrogens with one attached hydrogen (secondary N) is 1. The summed E-state index contributed by atoms with van der Waals surface area (Å²) in [6.45, 7) is 13.6. The summed E-state index contributed by atoms with van der Waals surface area (Å²) in [4.78, 5) is 2.65. The van der Waals surface area contributed by atoms with Crippen LogP contribution < -0.4 is 5.32 Å². The molecular weight excluding hydrogens is 244 g/mol. The number of rotatable bonds is 5. The van der Waals surface area contributed by atoms with Crippen LogP contribution in [0.4, 0.5) is 0 Å². The van der Waals surface area contributed by atoms with Gasteiger partial charge in [0.1, 0.15) is 0 Å². The zero-order valence-corrected chi connectivity index (χ0v) is 14.3. The molecule has 1 saturated carbocycles. The first-order valence-corrected chi connectivity index (χ1v) is 9.01. The standard InChI is InChI=1S/C18H36N2/c1-5-12-20-13-9-16(10-14-20)15(2)19-17-8-6-7-11-18(17,3)4/h15-17,19H,5-14H2,1-4H3. The molecule has 1 heterocycles. The van der Waals surface area contributed by atoms with Crippen LogP contribution in [-0.4, -0.2) is 36.6 Å². The van der Waals surface area contributed by atoms with E-state index in [4.69, 9.17) is 0 Å². The van der Waals surface area contributed by atoms with Crippen LogP contribution in [-0.2, 0) is 0 Å². The van der Waals surface area contributed by atoms with Crippen molar-refractivity contribution in [3.63, 3.8) is 0 Å². The number of piperidine rings is 1. The third-order valence-corrected chi connectivity index (χ3v) is 5.85. The predicted molar refractivity (Wildman–Crippen MR) is 88.1 cm³/mol. The summed E-state index contributed by atoms with van der Waals surface area (Å²) >= 11 is 0. The van der Waals surface area contributed by atoms with Crippen LogP contribution in [0.15, 0.2) is 0 Å². The first kappa shape index (κ1) is 16.3. The largest absolute Gasteiger partial charge is 0.311 e. The van der Waals surface area contributed by atoms with Gasteiger partial charge in [0.15, 0.2) is 0 Å². The second-order valence-electron chi connectivity index (χ2n) is 7.92. The van der Waals surface area contributed by atoms with Gasteiger partial charge in [0.2, 0.25) is 0 Å². The summed E-state index contributed by atoms with van der Waals surface area (Å²) in [5.74, 6) is 0.890. The van der Waals surface area contributed by atoms with Gasteiger partial charge in [-0.1, -0.05) is 33.6 Å². The number of nitrogens with zero attached hydrogens (tertiary/aromatic N) is 1. The fourth-order valence-corrected chi connectivity index (χ4v) is 4.25. The van der Waals surface area contributed by atoms with E-state index in [0.717, 1.165) is 12.0 Å².